The lowest BCUT2D eigenvalue weighted by Crippen LogP contribution is -2.24. The number of amides is 1. The van der Waals surface area contributed by atoms with Crippen molar-refractivity contribution in [2.45, 2.75) is 6.42 Å². The molecule has 0 aliphatic carbocycles. The molecular weight excluding hydrogens is 453 g/mol. The molecule has 0 atom stereocenters. The van der Waals surface area contributed by atoms with Gasteiger partial charge in [-0.25, -0.2) is 19.3 Å². The Balaban J connectivity index is 1.59. The van der Waals surface area contributed by atoms with Crippen molar-refractivity contribution < 1.29 is 19.0 Å². The Labute approximate surface area is 197 Å². The molecule has 0 saturated heterocycles. The van der Waals surface area contributed by atoms with E-state index in [0.29, 0.717) is 49.9 Å². The summed E-state index contributed by atoms with van der Waals surface area (Å²) in [5, 5.41) is 17.0. The average Bonchev–Trinajstić information content (AvgIpc) is 3.29. The van der Waals surface area contributed by atoms with Crippen molar-refractivity contribution >= 4 is 33.8 Å². The molecule has 176 valence electrons. The van der Waals surface area contributed by atoms with Crippen LogP contribution < -0.4 is 15.2 Å². The molecule has 0 radical (unpaired) electrons. The topological polar surface area (TPSA) is 124 Å². The number of carboxylic acid groups (broad SMARTS) is 1. The van der Waals surface area contributed by atoms with E-state index in [1.165, 1.54) is 20.2 Å². The number of benzene rings is 3. The second kappa shape index (κ2) is 8.56. The molecule has 3 aromatic carbocycles. The summed E-state index contributed by atoms with van der Waals surface area (Å²) in [6.45, 7) is 0. The number of carbonyl (C=O) groups is 1. The Morgan fingerprint density at radius 2 is 1.91 bits per heavy atom. The van der Waals surface area contributed by atoms with Gasteiger partial charge in [-0.2, -0.15) is 5.10 Å². The summed E-state index contributed by atoms with van der Waals surface area (Å²) in [5.74, 6) is 0.0598. The van der Waals surface area contributed by atoms with Gasteiger partial charge in [-0.05, 0) is 35.4 Å². The third-order valence-electron chi connectivity index (χ3n) is 5.89. The highest BCUT2D eigenvalue weighted by Gasteiger charge is 2.17. The molecule has 0 unspecified atom stereocenters. The summed E-state index contributed by atoms with van der Waals surface area (Å²) < 4.78 is 20.5. The Morgan fingerprint density at radius 3 is 2.66 bits per heavy atom. The van der Waals surface area contributed by atoms with Crippen molar-refractivity contribution in [2.24, 2.45) is 0 Å². The number of aromatic amines is 2. The minimum Gasteiger partial charge on any atom is -0.496 e. The number of aromatic nitrogens is 4. The van der Waals surface area contributed by atoms with Gasteiger partial charge in [0.1, 0.15) is 11.6 Å². The normalized spacial score (nSPS) is 11.2. The van der Waals surface area contributed by atoms with Gasteiger partial charge in [0.15, 0.2) is 0 Å². The summed E-state index contributed by atoms with van der Waals surface area (Å²) in [7, 11) is 2.85. The number of nitrogens with zero attached hydrogens (tertiary/aromatic N) is 3. The van der Waals surface area contributed by atoms with Crippen LogP contribution in [0.25, 0.3) is 32.9 Å². The third kappa shape index (κ3) is 3.95. The molecular formula is C25H20FN5O4. The van der Waals surface area contributed by atoms with Gasteiger partial charge in [0.05, 0.1) is 29.2 Å². The molecule has 35 heavy (non-hydrogen) atoms. The molecule has 10 heteroatoms. The van der Waals surface area contributed by atoms with E-state index in [9.17, 15) is 14.7 Å². The van der Waals surface area contributed by atoms with E-state index in [4.69, 9.17) is 4.74 Å². The number of hydrogen-bond donors (Lipinski definition) is 3. The number of methoxy groups -OCH3 is 1. The van der Waals surface area contributed by atoms with E-state index in [2.05, 4.69) is 20.2 Å². The highest BCUT2D eigenvalue weighted by molar-refractivity contribution is 5.89. The van der Waals surface area contributed by atoms with Crippen molar-refractivity contribution in [3.8, 4) is 16.9 Å². The third-order valence-corrected chi connectivity index (χ3v) is 5.89. The van der Waals surface area contributed by atoms with Crippen molar-refractivity contribution in [2.75, 3.05) is 19.1 Å². The highest BCUT2D eigenvalue weighted by Crippen LogP contribution is 2.35. The zero-order valence-electron chi connectivity index (χ0n) is 18.8. The van der Waals surface area contributed by atoms with Crippen molar-refractivity contribution in [3.63, 3.8) is 0 Å². The summed E-state index contributed by atoms with van der Waals surface area (Å²) in [6.07, 6.45) is -0.990. The Hall–Kier alpha value is -4.73. The van der Waals surface area contributed by atoms with Crippen LogP contribution in [0.2, 0.25) is 0 Å². The molecule has 2 aromatic heterocycles. The van der Waals surface area contributed by atoms with Gasteiger partial charge >= 0.3 is 6.09 Å². The van der Waals surface area contributed by atoms with Gasteiger partial charge in [-0.3, -0.25) is 9.69 Å². The molecule has 0 bridgehead atoms. The molecule has 0 aliphatic rings. The number of imidazole rings is 1. The Bertz CT molecular complexity index is 1660. The van der Waals surface area contributed by atoms with E-state index in [1.807, 2.05) is 6.07 Å². The molecule has 0 aliphatic heterocycles. The van der Waals surface area contributed by atoms with Gasteiger partial charge in [0.2, 0.25) is 5.95 Å². The van der Waals surface area contributed by atoms with Crippen LogP contribution in [0.4, 0.5) is 15.1 Å². The van der Waals surface area contributed by atoms with Crippen LogP contribution in [0.3, 0.4) is 0 Å². The molecule has 3 N–H and O–H groups in total. The smallest absolute Gasteiger partial charge is 0.413 e. The lowest BCUT2D eigenvalue weighted by Gasteiger charge is -2.13. The first-order chi connectivity index (χ1) is 16.9. The standard InChI is InChI=1S/C25H20FN5O4/c1-31(25(33)34)24-27-19-8-7-13(10-21(19)28-24)17-9-14(18(26)12-22(17)35-2)11-20-15-5-3-4-6-16(15)23(32)30-29-20/h3-10,12H,11H2,1-2H3,(H,27,28)(H,30,32)(H,33,34). The first-order valence-electron chi connectivity index (χ1n) is 10.6. The number of anilines is 1. The zero-order valence-corrected chi connectivity index (χ0v) is 18.8. The van der Waals surface area contributed by atoms with Crippen LogP contribution in [-0.2, 0) is 6.42 Å². The number of nitrogens with one attached hydrogen (secondary N) is 2. The minimum absolute atomic E-state index is 0.151. The van der Waals surface area contributed by atoms with Gasteiger partial charge in [-0.1, -0.05) is 24.3 Å². The number of rotatable bonds is 5. The van der Waals surface area contributed by atoms with Crippen molar-refractivity contribution in [1.82, 2.24) is 20.2 Å². The van der Waals surface area contributed by atoms with E-state index < -0.39 is 11.9 Å². The molecule has 9 nitrogen and oxygen atoms in total. The monoisotopic (exact) mass is 473 g/mol. The highest BCUT2D eigenvalue weighted by atomic mass is 19.1. The second-order valence-corrected chi connectivity index (χ2v) is 8.00. The van der Waals surface area contributed by atoms with Crippen LogP contribution in [0, 0.1) is 5.82 Å². The minimum atomic E-state index is -1.14. The van der Waals surface area contributed by atoms with Crippen LogP contribution in [0.15, 0.2) is 59.4 Å². The summed E-state index contributed by atoms with van der Waals surface area (Å²) in [4.78, 5) is 31.7. The van der Waals surface area contributed by atoms with Crippen molar-refractivity contribution in [1.29, 1.82) is 0 Å². The van der Waals surface area contributed by atoms with Gasteiger partial charge in [0, 0.05) is 30.5 Å². The maximum absolute atomic E-state index is 15.1. The van der Waals surface area contributed by atoms with Crippen LogP contribution in [0.1, 0.15) is 11.3 Å². The maximum atomic E-state index is 15.1. The molecule has 0 saturated carbocycles. The fourth-order valence-electron chi connectivity index (χ4n) is 4.03. The van der Waals surface area contributed by atoms with Gasteiger partial charge < -0.3 is 14.8 Å². The predicted molar refractivity (Wildman–Crippen MR) is 130 cm³/mol. The summed E-state index contributed by atoms with van der Waals surface area (Å²) >= 11 is 0. The molecule has 2 heterocycles. The molecule has 1 amide bonds. The lowest BCUT2D eigenvalue weighted by atomic mass is 9.97. The maximum Gasteiger partial charge on any atom is 0.413 e. The number of fused-ring (bicyclic) bond motifs is 2. The zero-order chi connectivity index (χ0) is 24.7. The fourth-order valence-corrected chi connectivity index (χ4v) is 4.03. The first-order valence-corrected chi connectivity index (χ1v) is 10.6. The second-order valence-electron chi connectivity index (χ2n) is 8.00. The SMILES string of the molecule is COc1cc(F)c(Cc2n[nH]c(=O)c3ccccc23)cc1-c1ccc2[nH]c(N(C)C(=O)O)nc2c1. The predicted octanol–water partition coefficient (Wildman–Crippen LogP) is 4.32. The molecule has 0 spiro atoms. The van der Waals surface area contributed by atoms with Crippen LogP contribution in [-0.4, -0.2) is 45.5 Å². The molecule has 5 rings (SSSR count). The number of ether oxygens (including phenoxy) is 1. The van der Waals surface area contributed by atoms with Crippen LogP contribution >= 0.6 is 0 Å². The summed E-state index contributed by atoms with van der Waals surface area (Å²) in [6, 6.07) is 15.4. The number of H-pyrrole nitrogens is 2. The number of halogens is 1. The first kappa shape index (κ1) is 22.1. The average molecular weight is 473 g/mol. The Morgan fingerprint density at radius 1 is 1.14 bits per heavy atom. The van der Waals surface area contributed by atoms with E-state index in [1.54, 1.807) is 42.5 Å². The molecule has 0 fully saturated rings. The van der Waals surface area contributed by atoms with Gasteiger partial charge in [-0.15, -0.1) is 0 Å². The quantitative estimate of drug-likeness (QED) is 0.349. The number of hydrogen-bond acceptors (Lipinski definition) is 5. The lowest BCUT2D eigenvalue weighted by molar-refractivity contribution is 0.203. The largest absolute Gasteiger partial charge is 0.496 e. The summed E-state index contributed by atoms with van der Waals surface area (Å²) in [5.41, 5.74) is 3.16. The molecule has 5 aromatic rings. The Kier molecular flexibility index (Phi) is 5.40. The van der Waals surface area contributed by atoms with E-state index in [-0.39, 0.29) is 17.9 Å². The fraction of sp³-hybridized carbons (Fsp3) is 0.120. The van der Waals surface area contributed by atoms with Crippen molar-refractivity contribution in [3.05, 3.63) is 82.0 Å². The van der Waals surface area contributed by atoms with Gasteiger partial charge in [0.25, 0.3) is 5.56 Å². The van der Waals surface area contributed by atoms with Crippen LogP contribution in [0.5, 0.6) is 5.75 Å². The van der Waals surface area contributed by atoms with E-state index in [0.717, 1.165) is 4.90 Å². The van der Waals surface area contributed by atoms with E-state index >= 15 is 4.39 Å².